The number of aliphatic hydroxyl groups excluding tert-OH is 2. The first kappa shape index (κ1) is 11.8. The summed E-state index contributed by atoms with van der Waals surface area (Å²) in [6.07, 6.45) is -3.38. The summed E-state index contributed by atoms with van der Waals surface area (Å²) in [4.78, 5) is 21.7. The van der Waals surface area contributed by atoms with E-state index < -0.39 is 18.2 Å². The second kappa shape index (κ2) is 4.52. The number of hydrogen-bond donors (Lipinski definition) is 3. The summed E-state index contributed by atoms with van der Waals surface area (Å²) in [5.74, 6) is -1.67. The Morgan fingerprint density at radius 1 is 1.40 bits per heavy atom. The number of carbonyl (C=O) groups is 2. The van der Waals surface area contributed by atoms with Crippen molar-refractivity contribution in [2.24, 2.45) is 0 Å². The van der Waals surface area contributed by atoms with Gasteiger partial charge in [-0.05, 0) is 23.9 Å². The summed E-state index contributed by atoms with van der Waals surface area (Å²) in [6.45, 7) is 1.37. The highest BCUT2D eigenvalue weighted by Gasteiger charge is 2.26. The standard InChI is InChI=1S/C9H10O5S/c1-4(10)6-2-5(3-15-6)7(11)8(12)9(13)14/h2-3,7-8,11-12H,1H3,(H,13,14). The molecule has 3 N–H and O–H groups in total. The predicted octanol–water partition coefficient (Wildman–Crippen LogP) is 0.430. The maximum Gasteiger partial charge on any atom is 0.335 e. The molecule has 0 aliphatic heterocycles. The molecule has 1 heterocycles. The number of hydrogen-bond acceptors (Lipinski definition) is 5. The molecule has 1 aromatic heterocycles. The fourth-order valence-electron chi connectivity index (χ4n) is 1.01. The fraction of sp³-hybridized carbons (Fsp3) is 0.333. The van der Waals surface area contributed by atoms with E-state index in [1.807, 2.05) is 0 Å². The Bertz CT molecular complexity index is 384. The van der Waals surface area contributed by atoms with Crippen LogP contribution in [0.2, 0.25) is 0 Å². The SMILES string of the molecule is CC(=O)c1cc(C(O)C(O)C(=O)O)cs1. The van der Waals surface area contributed by atoms with Gasteiger partial charge in [0.05, 0.1) is 4.88 Å². The van der Waals surface area contributed by atoms with Crippen LogP contribution in [0.3, 0.4) is 0 Å². The first-order chi connectivity index (χ1) is 6.93. The number of carboxylic acid groups (broad SMARTS) is 1. The molecule has 0 bridgehead atoms. The minimum absolute atomic E-state index is 0.164. The van der Waals surface area contributed by atoms with E-state index >= 15 is 0 Å². The van der Waals surface area contributed by atoms with Crippen molar-refractivity contribution in [3.63, 3.8) is 0 Å². The molecule has 1 aromatic rings. The van der Waals surface area contributed by atoms with Gasteiger partial charge in [0.15, 0.2) is 11.9 Å². The summed E-state index contributed by atoms with van der Waals surface area (Å²) in [7, 11) is 0. The minimum Gasteiger partial charge on any atom is -0.479 e. The lowest BCUT2D eigenvalue weighted by Gasteiger charge is -2.11. The topological polar surface area (TPSA) is 94.8 Å². The van der Waals surface area contributed by atoms with Crippen LogP contribution in [0, 0.1) is 0 Å². The van der Waals surface area contributed by atoms with Gasteiger partial charge in [0.1, 0.15) is 6.10 Å². The molecule has 0 spiro atoms. The van der Waals surface area contributed by atoms with Gasteiger partial charge < -0.3 is 15.3 Å². The lowest BCUT2D eigenvalue weighted by molar-refractivity contribution is -0.153. The summed E-state index contributed by atoms with van der Waals surface area (Å²) >= 11 is 1.10. The maximum absolute atomic E-state index is 10.9. The zero-order chi connectivity index (χ0) is 11.6. The summed E-state index contributed by atoms with van der Waals surface area (Å²) in [5.41, 5.74) is 0.236. The van der Waals surface area contributed by atoms with Crippen molar-refractivity contribution in [2.75, 3.05) is 0 Å². The lowest BCUT2D eigenvalue weighted by atomic mass is 10.1. The van der Waals surface area contributed by atoms with Crippen LogP contribution in [0.5, 0.6) is 0 Å². The summed E-state index contributed by atoms with van der Waals surface area (Å²) < 4.78 is 0. The highest BCUT2D eigenvalue weighted by atomic mass is 32.1. The molecule has 0 saturated heterocycles. The molecule has 6 heteroatoms. The average molecular weight is 230 g/mol. The van der Waals surface area contributed by atoms with Crippen molar-refractivity contribution in [1.82, 2.24) is 0 Å². The van der Waals surface area contributed by atoms with Crippen LogP contribution in [0.15, 0.2) is 11.4 Å². The highest BCUT2D eigenvalue weighted by molar-refractivity contribution is 7.12. The summed E-state index contributed by atoms with van der Waals surface area (Å²) in [6, 6.07) is 1.38. The van der Waals surface area contributed by atoms with Gasteiger partial charge in [-0.3, -0.25) is 4.79 Å². The number of rotatable bonds is 4. The van der Waals surface area contributed by atoms with Crippen molar-refractivity contribution in [3.05, 3.63) is 21.9 Å². The number of Topliss-reactive ketones (excluding diaryl/α,β-unsaturated/α-hetero) is 1. The molecule has 0 aliphatic carbocycles. The molecule has 1 rings (SSSR count). The Balaban J connectivity index is 2.87. The van der Waals surface area contributed by atoms with Gasteiger partial charge in [-0.2, -0.15) is 0 Å². The monoisotopic (exact) mass is 230 g/mol. The van der Waals surface area contributed by atoms with Crippen molar-refractivity contribution < 1.29 is 24.9 Å². The first-order valence-electron chi connectivity index (χ1n) is 4.11. The van der Waals surface area contributed by atoms with Gasteiger partial charge in [-0.25, -0.2) is 4.79 Å². The molecule has 0 amide bonds. The molecule has 15 heavy (non-hydrogen) atoms. The van der Waals surface area contributed by atoms with Crippen LogP contribution < -0.4 is 0 Å². The number of carboxylic acids is 1. The van der Waals surface area contributed by atoms with E-state index in [1.165, 1.54) is 18.4 Å². The normalized spacial score (nSPS) is 14.6. The van der Waals surface area contributed by atoms with E-state index in [0.29, 0.717) is 4.88 Å². The van der Waals surface area contributed by atoms with Gasteiger partial charge >= 0.3 is 5.97 Å². The first-order valence-corrected chi connectivity index (χ1v) is 4.99. The second-order valence-corrected chi connectivity index (χ2v) is 3.94. The third-order valence-electron chi connectivity index (χ3n) is 1.86. The lowest BCUT2D eigenvalue weighted by Crippen LogP contribution is -2.27. The van der Waals surface area contributed by atoms with Crippen LogP contribution >= 0.6 is 11.3 Å². The van der Waals surface area contributed by atoms with E-state index in [4.69, 9.17) is 10.2 Å². The van der Waals surface area contributed by atoms with E-state index in [9.17, 15) is 14.7 Å². The molecule has 0 aliphatic rings. The minimum atomic E-state index is -1.88. The Labute approximate surface area is 89.6 Å². The smallest absolute Gasteiger partial charge is 0.335 e. The highest BCUT2D eigenvalue weighted by Crippen LogP contribution is 2.23. The Hall–Kier alpha value is -1.24. The van der Waals surface area contributed by atoms with E-state index in [2.05, 4.69) is 0 Å². The van der Waals surface area contributed by atoms with Crippen LogP contribution in [0.1, 0.15) is 28.3 Å². The zero-order valence-electron chi connectivity index (χ0n) is 7.88. The number of aliphatic carboxylic acids is 1. The third kappa shape index (κ3) is 2.62. The van der Waals surface area contributed by atoms with Crippen LogP contribution in [0.25, 0.3) is 0 Å². The second-order valence-electron chi connectivity index (χ2n) is 3.03. The van der Waals surface area contributed by atoms with Crippen molar-refractivity contribution in [3.8, 4) is 0 Å². The van der Waals surface area contributed by atoms with Crippen molar-refractivity contribution >= 4 is 23.1 Å². The van der Waals surface area contributed by atoms with Gasteiger partial charge in [-0.1, -0.05) is 0 Å². The Kier molecular flexibility index (Phi) is 3.57. The molecule has 0 radical (unpaired) electrons. The van der Waals surface area contributed by atoms with E-state index in [1.54, 1.807) is 0 Å². The molecule has 5 nitrogen and oxygen atoms in total. The van der Waals surface area contributed by atoms with Crippen molar-refractivity contribution in [2.45, 2.75) is 19.1 Å². The molecule has 0 saturated carbocycles. The van der Waals surface area contributed by atoms with Crippen LogP contribution in [-0.4, -0.2) is 33.2 Å². The molecule has 0 fully saturated rings. The third-order valence-corrected chi connectivity index (χ3v) is 2.91. The maximum atomic E-state index is 10.9. The van der Waals surface area contributed by atoms with Crippen LogP contribution in [0.4, 0.5) is 0 Å². The van der Waals surface area contributed by atoms with Crippen LogP contribution in [-0.2, 0) is 4.79 Å². The van der Waals surface area contributed by atoms with Gasteiger partial charge in [0.2, 0.25) is 0 Å². The molecular weight excluding hydrogens is 220 g/mol. The largest absolute Gasteiger partial charge is 0.479 e. The average Bonchev–Trinajstić information content (AvgIpc) is 2.64. The molecule has 82 valence electrons. The summed E-state index contributed by atoms with van der Waals surface area (Å²) in [5, 5.41) is 28.4. The fourth-order valence-corrected chi connectivity index (χ4v) is 1.85. The number of aliphatic hydroxyl groups is 2. The molecule has 2 unspecified atom stereocenters. The van der Waals surface area contributed by atoms with Crippen molar-refractivity contribution in [1.29, 1.82) is 0 Å². The molecule has 0 aromatic carbocycles. The van der Waals surface area contributed by atoms with E-state index in [-0.39, 0.29) is 11.3 Å². The zero-order valence-corrected chi connectivity index (χ0v) is 8.69. The Morgan fingerprint density at radius 2 is 2.00 bits per heavy atom. The number of thiophene rings is 1. The Morgan fingerprint density at radius 3 is 2.40 bits per heavy atom. The predicted molar refractivity (Wildman–Crippen MR) is 52.9 cm³/mol. The van der Waals surface area contributed by atoms with Gasteiger partial charge in [0, 0.05) is 0 Å². The van der Waals surface area contributed by atoms with Gasteiger partial charge in [0.25, 0.3) is 0 Å². The quantitative estimate of drug-likeness (QED) is 0.652. The molecule has 2 atom stereocenters. The van der Waals surface area contributed by atoms with Gasteiger partial charge in [-0.15, -0.1) is 11.3 Å². The number of ketones is 1. The molecular formula is C9H10O5S. The number of carbonyl (C=O) groups excluding carboxylic acids is 1. The van der Waals surface area contributed by atoms with E-state index in [0.717, 1.165) is 11.3 Å².